The lowest BCUT2D eigenvalue weighted by Gasteiger charge is -2.33. The minimum atomic E-state index is -1.12. The molecule has 1 saturated heterocycles. The number of carbonyl (C=O) groups is 5. The van der Waals surface area contributed by atoms with Crippen molar-refractivity contribution in [3.8, 4) is 0 Å². The van der Waals surface area contributed by atoms with E-state index in [1.165, 1.54) is 4.90 Å². The molecule has 0 saturated carbocycles. The van der Waals surface area contributed by atoms with E-state index in [1.54, 1.807) is 7.05 Å². The van der Waals surface area contributed by atoms with Crippen molar-refractivity contribution in [2.45, 2.75) is 75.5 Å². The molecule has 5 amide bonds. The maximum absolute atomic E-state index is 14.9. The van der Waals surface area contributed by atoms with E-state index in [0.717, 1.165) is 38.2 Å². The van der Waals surface area contributed by atoms with Gasteiger partial charge in [0.2, 0.25) is 29.5 Å². The molecule has 1 aliphatic heterocycles. The van der Waals surface area contributed by atoms with Gasteiger partial charge in [0.25, 0.3) is 0 Å². The molecule has 4 atom stereocenters. The molecule has 0 aromatic heterocycles. The number of hydrogen-bond donors (Lipinski definition) is 6. The molecule has 1 unspecified atom stereocenters. The molecule has 0 radical (unpaired) electrons. The molecular weight excluding hydrogens is 755 g/mol. The first-order chi connectivity index (χ1) is 29.1. The van der Waals surface area contributed by atoms with E-state index in [-0.39, 0.29) is 31.1 Å². The Morgan fingerprint density at radius 1 is 0.633 bits per heavy atom. The zero-order chi connectivity index (χ0) is 42.4. The van der Waals surface area contributed by atoms with Crippen LogP contribution in [0.2, 0.25) is 0 Å². The molecule has 314 valence electrons. The van der Waals surface area contributed by atoms with Crippen LogP contribution in [0, 0.1) is 5.92 Å². The summed E-state index contributed by atoms with van der Waals surface area (Å²) in [6.07, 6.45) is 3.27. The number of hydrogen-bond acceptors (Lipinski definition) is 7. The molecule has 1 aliphatic rings. The molecule has 5 aromatic rings. The molecule has 1 fully saturated rings. The van der Waals surface area contributed by atoms with E-state index >= 15 is 0 Å². The van der Waals surface area contributed by atoms with E-state index < -0.39 is 47.8 Å². The van der Waals surface area contributed by atoms with Gasteiger partial charge in [-0.2, -0.15) is 0 Å². The molecule has 1 heterocycles. The highest BCUT2D eigenvalue weighted by Gasteiger charge is 2.36. The summed E-state index contributed by atoms with van der Waals surface area (Å²) in [5.41, 5.74) is 13.8. The second-order valence-electron chi connectivity index (χ2n) is 15.8. The zero-order valence-corrected chi connectivity index (χ0v) is 34.3. The number of nitrogens with zero attached hydrogens (tertiary/aromatic N) is 1. The molecule has 0 bridgehead atoms. The third kappa shape index (κ3) is 11.8. The SMILES string of the molecule is CN(C(=O)C(Cc1ccc2ccccc2c1)NC(=O)C1CCNCC1)[C@H](Cc1ccc2ccccc2c1)C(=O)N[C@@H](Cc1ccccc1)C(=O)N[C@@H](CCCCN)C(N)=O. The van der Waals surface area contributed by atoms with Crippen molar-refractivity contribution in [1.82, 2.24) is 26.2 Å². The van der Waals surface area contributed by atoms with Crippen LogP contribution in [-0.2, 0) is 43.2 Å². The number of carbonyl (C=O) groups excluding carboxylic acids is 5. The summed E-state index contributed by atoms with van der Waals surface area (Å²) in [4.78, 5) is 71.4. The molecule has 60 heavy (non-hydrogen) atoms. The summed E-state index contributed by atoms with van der Waals surface area (Å²) >= 11 is 0. The van der Waals surface area contributed by atoms with E-state index in [2.05, 4.69) is 21.3 Å². The number of nitrogens with one attached hydrogen (secondary N) is 4. The highest BCUT2D eigenvalue weighted by Crippen LogP contribution is 2.22. The minimum Gasteiger partial charge on any atom is -0.368 e. The van der Waals surface area contributed by atoms with Crippen molar-refractivity contribution in [3.05, 3.63) is 132 Å². The van der Waals surface area contributed by atoms with Gasteiger partial charge < -0.3 is 37.6 Å². The molecular formula is C48H57N7O5. The number of fused-ring (bicyclic) bond motifs is 2. The Bertz CT molecular complexity index is 2260. The third-order valence-corrected chi connectivity index (χ3v) is 11.5. The smallest absolute Gasteiger partial charge is 0.245 e. The number of amides is 5. The van der Waals surface area contributed by atoms with Crippen molar-refractivity contribution < 1.29 is 24.0 Å². The lowest BCUT2D eigenvalue weighted by atomic mass is 9.95. The van der Waals surface area contributed by atoms with Crippen LogP contribution in [0.3, 0.4) is 0 Å². The van der Waals surface area contributed by atoms with Gasteiger partial charge in [0, 0.05) is 32.2 Å². The van der Waals surface area contributed by atoms with Gasteiger partial charge in [0.1, 0.15) is 24.2 Å². The minimum absolute atomic E-state index is 0.115. The number of rotatable bonds is 19. The third-order valence-electron chi connectivity index (χ3n) is 11.5. The Morgan fingerprint density at radius 2 is 1.18 bits per heavy atom. The molecule has 6 rings (SSSR count). The van der Waals surface area contributed by atoms with Crippen LogP contribution in [0.25, 0.3) is 21.5 Å². The largest absolute Gasteiger partial charge is 0.368 e. The number of benzene rings is 5. The maximum Gasteiger partial charge on any atom is 0.245 e. The number of unbranched alkanes of at least 4 members (excludes halogenated alkanes) is 1. The van der Waals surface area contributed by atoms with Crippen molar-refractivity contribution in [1.29, 1.82) is 0 Å². The monoisotopic (exact) mass is 811 g/mol. The van der Waals surface area contributed by atoms with Crippen molar-refractivity contribution in [2.24, 2.45) is 17.4 Å². The average Bonchev–Trinajstić information content (AvgIpc) is 3.27. The average molecular weight is 812 g/mol. The normalized spacial score (nSPS) is 15.0. The highest BCUT2D eigenvalue weighted by molar-refractivity contribution is 5.96. The summed E-state index contributed by atoms with van der Waals surface area (Å²) in [7, 11) is 1.57. The van der Waals surface area contributed by atoms with Gasteiger partial charge in [-0.3, -0.25) is 24.0 Å². The number of piperidine rings is 1. The standard InChI is InChI=1S/C48H57N7O5/c1-55(48(60)42(54-45(57)37-22-25-51-26-23-37)30-33-18-20-35-13-5-7-15-38(35)27-33)43(31-34-19-21-36-14-6-8-16-39(36)28-34)47(59)53-41(29-32-11-3-2-4-12-32)46(58)52-40(44(50)56)17-9-10-24-49/h2-8,11-16,18-21,27-28,37,40-43,51H,9-10,17,22-26,29-31,49H2,1H3,(H2,50,56)(H,52,58)(H,53,59)(H,54,57)/t40-,41-,42?,43+/m0/s1. The molecule has 0 spiro atoms. The summed E-state index contributed by atoms with van der Waals surface area (Å²) in [6.45, 7) is 1.85. The van der Waals surface area contributed by atoms with Gasteiger partial charge >= 0.3 is 0 Å². The Kier molecular flexibility index (Phi) is 15.4. The van der Waals surface area contributed by atoms with E-state index in [0.29, 0.717) is 51.7 Å². The van der Waals surface area contributed by atoms with Crippen LogP contribution >= 0.6 is 0 Å². The number of likely N-dealkylation sites (N-methyl/N-ethyl adjacent to an activating group) is 1. The van der Waals surface area contributed by atoms with Gasteiger partial charge in [0.05, 0.1) is 0 Å². The van der Waals surface area contributed by atoms with Crippen LogP contribution in [0.1, 0.15) is 48.8 Å². The summed E-state index contributed by atoms with van der Waals surface area (Å²) in [5.74, 6) is -2.72. The summed E-state index contributed by atoms with van der Waals surface area (Å²) in [6, 6.07) is 32.8. The van der Waals surface area contributed by atoms with Gasteiger partial charge in [-0.1, -0.05) is 115 Å². The van der Waals surface area contributed by atoms with E-state index in [4.69, 9.17) is 11.5 Å². The van der Waals surface area contributed by atoms with Gasteiger partial charge in [0.15, 0.2) is 0 Å². The van der Waals surface area contributed by atoms with Crippen LogP contribution in [0.4, 0.5) is 0 Å². The lowest BCUT2D eigenvalue weighted by molar-refractivity contribution is -0.143. The lowest BCUT2D eigenvalue weighted by Crippen LogP contribution is -2.59. The van der Waals surface area contributed by atoms with Crippen LogP contribution in [-0.4, -0.2) is 85.3 Å². The van der Waals surface area contributed by atoms with E-state index in [1.807, 2.05) is 115 Å². The highest BCUT2D eigenvalue weighted by atomic mass is 16.2. The second-order valence-corrected chi connectivity index (χ2v) is 15.8. The fraction of sp³-hybridized carbons (Fsp3) is 0.354. The number of primary amides is 1. The van der Waals surface area contributed by atoms with Gasteiger partial charge in [-0.25, -0.2) is 0 Å². The van der Waals surface area contributed by atoms with Crippen LogP contribution < -0.4 is 32.7 Å². The first-order valence-electron chi connectivity index (χ1n) is 21.0. The fourth-order valence-corrected chi connectivity index (χ4v) is 7.95. The van der Waals surface area contributed by atoms with Crippen LogP contribution in [0.15, 0.2) is 115 Å². The predicted molar refractivity (Wildman–Crippen MR) is 235 cm³/mol. The Labute approximate surface area is 351 Å². The second kappa shape index (κ2) is 21.2. The molecule has 12 nitrogen and oxygen atoms in total. The first kappa shape index (κ1) is 43.5. The molecule has 12 heteroatoms. The Hall–Kier alpha value is -6.11. The topological polar surface area (TPSA) is 189 Å². The summed E-state index contributed by atoms with van der Waals surface area (Å²) in [5, 5.41) is 16.2. The molecule has 0 aliphatic carbocycles. The Balaban J connectivity index is 1.32. The molecule has 5 aromatic carbocycles. The van der Waals surface area contributed by atoms with Crippen LogP contribution in [0.5, 0.6) is 0 Å². The molecule has 8 N–H and O–H groups in total. The predicted octanol–water partition coefficient (Wildman–Crippen LogP) is 3.92. The van der Waals surface area contributed by atoms with Crippen molar-refractivity contribution in [3.63, 3.8) is 0 Å². The zero-order valence-electron chi connectivity index (χ0n) is 34.3. The van der Waals surface area contributed by atoms with Gasteiger partial charge in [-0.05, 0) is 90.0 Å². The first-order valence-corrected chi connectivity index (χ1v) is 21.0. The number of nitrogens with two attached hydrogens (primary N) is 2. The van der Waals surface area contributed by atoms with Gasteiger partial charge in [-0.15, -0.1) is 0 Å². The van der Waals surface area contributed by atoms with Crippen molar-refractivity contribution in [2.75, 3.05) is 26.7 Å². The maximum atomic E-state index is 14.9. The summed E-state index contributed by atoms with van der Waals surface area (Å²) < 4.78 is 0. The quantitative estimate of drug-likeness (QED) is 0.0682. The van der Waals surface area contributed by atoms with Crippen molar-refractivity contribution >= 4 is 51.1 Å². The van der Waals surface area contributed by atoms with E-state index in [9.17, 15) is 24.0 Å². The Morgan fingerprint density at radius 3 is 1.78 bits per heavy atom. The fourth-order valence-electron chi connectivity index (χ4n) is 7.95.